The summed E-state index contributed by atoms with van der Waals surface area (Å²) in [5, 5.41) is 0. The van der Waals surface area contributed by atoms with Crippen LogP contribution >= 0.6 is 0 Å². The van der Waals surface area contributed by atoms with Gasteiger partial charge >= 0.3 is 0 Å². The number of carbonyl (C=O) groups is 1. The Balaban J connectivity index is 2.61. The average Bonchev–Trinajstić information content (AvgIpc) is 2.26. The second kappa shape index (κ2) is 5.55. The van der Waals surface area contributed by atoms with Crippen LogP contribution in [0.25, 0.3) is 0 Å². The molecule has 0 saturated heterocycles. The van der Waals surface area contributed by atoms with Crippen LogP contribution in [0.4, 0.5) is 0 Å². The second-order valence-corrected chi connectivity index (χ2v) is 3.35. The van der Waals surface area contributed by atoms with Gasteiger partial charge < -0.3 is 4.74 Å². The van der Waals surface area contributed by atoms with Gasteiger partial charge in [0.1, 0.15) is 6.29 Å². The first-order chi connectivity index (χ1) is 6.77. The molecule has 0 aliphatic rings. The number of hydrogen-bond acceptors (Lipinski definition) is 2. The van der Waals surface area contributed by atoms with Crippen LogP contribution in [0.3, 0.4) is 0 Å². The molecule has 2 nitrogen and oxygen atoms in total. The van der Waals surface area contributed by atoms with Crippen molar-refractivity contribution in [2.45, 2.75) is 33.0 Å². The summed E-state index contributed by atoms with van der Waals surface area (Å²) in [7, 11) is 0. The van der Waals surface area contributed by atoms with Crippen LogP contribution < -0.4 is 0 Å². The smallest absolute Gasteiger partial charge is 0.150 e. The Morgan fingerprint density at radius 3 is 2.79 bits per heavy atom. The van der Waals surface area contributed by atoms with Crippen LogP contribution in [0.1, 0.15) is 36.2 Å². The van der Waals surface area contributed by atoms with E-state index in [1.165, 1.54) is 0 Å². The third kappa shape index (κ3) is 2.96. The molecule has 0 heterocycles. The Bertz CT molecular complexity index is 294. The monoisotopic (exact) mass is 192 g/mol. The van der Waals surface area contributed by atoms with Gasteiger partial charge in [0.15, 0.2) is 0 Å². The van der Waals surface area contributed by atoms with Gasteiger partial charge in [-0.3, -0.25) is 4.79 Å². The van der Waals surface area contributed by atoms with E-state index in [0.29, 0.717) is 6.61 Å². The number of hydrogen-bond donors (Lipinski definition) is 0. The Morgan fingerprint density at radius 1 is 1.43 bits per heavy atom. The van der Waals surface area contributed by atoms with Crippen molar-refractivity contribution in [2.24, 2.45) is 0 Å². The minimum absolute atomic E-state index is 0.245. The zero-order valence-electron chi connectivity index (χ0n) is 8.69. The van der Waals surface area contributed by atoms with Gasteiger partial charge in [-0.2, -0.15) is 0 Å². The van der Waals surface area contributed by atoms with Crippen molar-refractivity contribution in [3.8, 4) is 0 Å². The standard InChI is InChI=1S/C12H16O2/c1-3-10(2)14-9-12-7-5-4-6-11(12)8-13/h4-8,10H,3,9H2,1-2H3. The quantitative estimate of drug-likeness (QED) is 0.670. The van der Waals surface area contributed by atoms with Crippen LogP contribution in [-0.2, 0) is 11.3 Å². The number of rotatable bonds is 5. The van der Waals surface area contributed by atoms with Gasteiger partial charge in [-0.05, 0) is 18.9 Å². The molecule has 1 aromatic carbocycles. The average molecular weight is 192 g/mol. The van der Waals surface area contributed by atoms with Crippen molar-refractivity contribution >= 4 is 6.29 Å². The van der Waals surface area contributed by atoms with Gasteiger partial charge in [0.2, 0.25) is 0 Å². The normalized spacial score (nSPS) is 12.4. The first-order valence-corrected chi connectivity index (χ1v) is 4.92. The Labute approximate surface area is 84.9 Å². The van der Waals surface area contributed by atoms with E-state index in [1.807, 2.05) is 31.2 Å². The van der Waals surface area contributed by atoms with E-state index in [9.17, 15) is 4.79 Å². The number of aldehydes is 1. The highest BCUT2D eigenvalue weighted by Gasteiger charge is 2.03. The van der Waals surface area contributed by atoms with Crippen molar-refractivity contribution in [2.75, 3.05) is 0 Å². The summed E-state index contributed by atoms with van der Waals surface area (Å²) in [5.41, 5.74) is 1.68. The van der Waals surface area contributed by atoms with Gasteiger partial charge in [0.25, 0.3) is 0 Å². The molecular weight excluding hydrogens is 176 g/mol. The maximum absolute atomic E-state index is 10.7. The van der Waals surface area contributed by atoms with Crippen LogP contribution in [0, 0.1) is 0 Å². The fourth-order valence-corrected chi connectivity index (χ4v) is 1.13. The molecule has 1 rings (SSSR count). The van der Waals surface area contributed by atoms with Crippen LogP contribution in [0.2, 0.25) is 0 Å². The molecule has 14 heavy (non-hydrogen) atoms. The van der Waals surface area contributed by atoms with E-state index in [1.54, 1.807) is 0 Å². The molecule has 2 heteroatoms. The summed E-state index contributed by atoms with van der Waals surface area (Å²) in [6.45, 7) is 4.63. The van der Waals surface area contributed by atoms with Crippen molar-refractivity contribution in [1.82, 2.24) is 0 Å². The second-order valence-electron chi connectivity index (χ2n) is 3.35. The first kappa shape index (κ1) is 10.9. The zero-order chi connectivity index (χ0) is 10.4. The minimum Gasteiger partial charge on any atom is -0.374 e. The summed E-state index contributed by atoms with van der Waals surface area (Å²) < 4.78 is 5.56. The zero-order valence-corrected chi connectivity index (χ0v) is 8.69. The maximum atomic E-state index is 10.7. The lowest BCUT2D eigenvalue weighted by Crippen LogP contribution is -2.07. The SMILES string of the molecule is CCC(C)OCc1ccccc1C=O. The highest BCUT2D eigenvalue weighted by molar-refractivity contribution is 5.76. The van der Waals surface area contributed by atoms with E-state index < -0.39 is 0 Å². The first-order valence-electron chi connectivity index (χ1n) is 4.92. The van der Waals surface area contributed by atoms with Crippen LogP contribution in [-0.4, -0.2) is 12.4 Å². The molecule has 0 saturated carbocycles. The molecule has 0 N–H and O–H groups in total. The van der Waals surface area contributed by atoms with E-state index in [2.05, 4.69) is 6.92 Å². The molecule has 1 aromatic rings. The van der Waals surface area contributed by atoms with Crippen molar-refractivity contribution in [3.63, 3.8) is 0 Å². The van der Waals surface area contributed by atoms with E-state index in [0.717, 1.165) is 23.8 Å². The molecule has 0 aliphatic heterocycles. The summed E-state index contributed by atoms with van der Waals surface area (Å²) in [6.07, 6.45) is 2.10. The fraction of sp³-hybridized carbons (Fsp3) is 0.417. The van der Waals surface area contributed by atoms with Crippen LogP contribution in [0.5, 0.6) is 0 Å². The minimum atomic E-state index is 0.245. The highest BCUT2D eigenvalue weighted by Crippen LogP contribution is 2.09. The molecule has 0 amide bonds. The lowest BCUT2D eigenvalue weighted by atomic mass is 10.1. The summed E-state index contributed by atoms with van der Waals surface area (Å²) in [4.78, 5) is 10.7. The van der Waals surface area contributed by atoms with E-state index >= 15 is 0 Å². The van der Waals surface area contributed by atoms with Crippen molar-refractivity contribution in [3.05, 3.63) is 35.4 Å². The molecule has 0 bridgehead atoms. The van der Waals surface area contributed by atoms with Gasteiger partial charge in [-0.25, -0.2) is 0 Å². The predicted molar refractivity (Wildman–Crippen MR) is 56.4 cm³/mol. The lowest BCUT2D eigenvalue weighted by molar-refractivity contribution is 0.0504. The summed E-state index contributed by atoms with van der Waals surface area (Å²) >= 11 is 0. The molecule has 0 radical (unpaired) electrons. The Morgan fingerprint density at radius 2 is 2.14 bits per heavy atom. The van der Waals surface area contributed by atoms with E-state index in [4.69, 9.17) is 4.74 Å². The van der Waals surface area contributed by atoms with Crippen molar-refractivity contribution in [1.29, 1.82) is 0 Å². The third-order valence-corrected chi connectivity index (χ3v) is 2.28. The molecule has 1 unspecified atom stereocenters. The predicted octanol–water partition coefficient (Wildman–Crippen LogP) is 2.81. The van der Waals surface area contributed by atoms with Gasteiger partial charge in [-0.15, -0.1) is 0 Å². The van der Waals surface area contributed by atoms with Gasteiger partial charge in [0, 0.05) is 5.56 Å². The Hall–Kier alpha value is -1.15. The van der Waals surface area contributed by atoms with Gasteiger partial charge in [0.05, 0.1) is 12.7 Å². The third-order valence-electron chi connectivity index (χ3n) is 2.28. The number of carbonyl (C=O) groups excluding carboxylic acids is 1. The number of benzene rings is 1. The summed E-state index contributed by atoms with van der Waals surface area (Å²) in [6, 6.07) is 7.51. The maximum Gasteiger partial charge on any atom is 0.150 e. The van der Waals surface area contributed by atoms with Gasteiger partial charge in [-0.1, -0.05) is 31.2 Å². The largest absolute Gasteiger partial charge is 0.374 e. The molecule has 0 aromatic heterocycles. The molecule has 1 atom stereocenters. The topological polar surface area (TPSA) is 26.3 Å². The van der Waals surface area contributed by atoms with Crippen molar-refractivity contribution < 1.29 is 9.53 Å². The molecular formula is C12H16O2. The van der Waals surface area contributed by atoms with Crippen LogP contribution in [0.15, 0.2) is 24.3 Å². The molecule has 76 valence electrons. The lowest BCUT2D eigenvalue weighted by Gasteiger charge is -2.11. The summed E-state index contributed by atoms with van der Waals surface area (Å²) in [5.74, 6) is 0. The molecule has 0 spiro atoms. The molecule has 0 fully saturated rings. The Kier molecular flexibility index (Phi) is 4.33. The van der Waals surface area contributed by atoms with E-state index in [-0.39, 0.29) is 6.10 Å². The fourth-order valence-electron chi connectivity index (χ4n) is 1.13. The highest BCUT2D eigenvalue weighted by atomic mass is 16.5. The number of ether oxygens (including phenoxy) is 1. The molecule has 0 aliphatic carbocycles.